The highest BCUT2D eigenvalue weighted by Gasteiger charge is 2.49. The molecule has 3 atom stereocenters. The average Bonchev–Trinajstić information content (AvgIpc) is 2.64. The Kier molecular flexibility index (Phi) is 1.51. The van der Waals surface area contributed by atoms with E-state index in [1.807, 2.05) is 0 Å². The highest BCUT2D eigenvalue weighted by Crippen LogP contribution is 2.51. The highest BCUT2D eigenvalue weighted by molar-refractivity contribution is 5.62. The molecular formula is C13H17N. The van der Waals surface area contributed by atoms with Crippen molar-refractivity contribution in [2.45, 2.75) is 38.1 Å². The molecule has 0 amide bonds. The third-order valence-corrected chi connectivity index (χ3v) is 4.23. The molecule has 1 fully saturated rings. The van der Waals surface area contributed by atoms with E-state index in [0.29, 0.717) is 11.5 Å². The second-order valence-corrected chi connectivity index (χ2v) is 5.10. The standard InChI is InChI=1S/C13H17N/c1-9-7-8-13(2)10-5-3-4-6-11(10)14-12(9)13/h3-6,9,12,14H,7-8H2,1-2H3/t9-,12-,13-/m0/s1. The lowest BCUT2D eigenvalue weighted by Crippen LogP contribution is -2.33. The lowest BCUT2D eigenvalue weighted by Gasteiger charge is -2.26. The SMILES string of the molecule is C[C@H]1CC[C@@]2(C)c3ccccc3N[C@@H]12. The molecule has 74 valence electrons. The van der Waals surface area contributed by atoms with Crippen molar-refractivity contribution in [3.05, 3.63) is 29.8 Å². The van der Waals surface area contributed by atoms with E-state index in [1.54, 1.807) is 0 Å². The summed E-state index contributed by atoms with van der Waals surface area (Å²) in [5.74, 6) is 0.812. The number of rotatable bonds is 0. The van der Waals surface area contributed by atoms with Gasteiger partial charge in [0.05, 0.1) is 0 Å². The maximum absolute atomic E-state index is 3.69. The van der Waals surface area contributed by atoms with Gasteiger partial charge in [-0.25, -0.2) is 0 Å². The molecular weight excluding hydrogens is 170 g/mol. The van der Waals surface area contributed by atoms with Crippen molar-refractivity contribution in [3.63, 3.8) is 0 Å². The summed E-state index contributed by atoms with van der Waals surface area (Å²) in [6.45, 7) is 4.79. The third kappa shape index (κ3) is 0.853. The third-order valence-electron chi connectivity index (χ3n) is 4.23. The Morgan fingerprint density at radius 3 is 3.00 bits per heavy atom. The van der Waals surface area contributed by atoms with Gasteiger partial charge in [0, 0.05) is 17.1 Å². The van der Waals surface area contributed by atoms with Gasteiger partial charge >= 0.3 is 0 Å². The van der Waals surface area contributed by atoms with Gasteiger partial charge in [0.2, 0.25) is 0 Å². The Hall–Kier alpha value is -0.980. The predicted octanol–water partition coefficient (Wildman–Crippen LogP) is 3.17. The van der Waals surface area contributed by atoms with Gasteiger partial charge in [-0.3, -0.25) is 0 Å². The molecule has 14 heavy (non-hydrogen) atoms. The van der Waals surface area contributed by atoms with Crippen molar-refractivity contribution in [1.82, 2.24) is 0 Å². The van der Waals surface area contributed by atoms with Gasteiger partial charge < -0.3 is 5.32 Å². The maximum atomic E-state index is 3.69. The Labute approximate surface area is 85.5 Å². The number of benzene rings is 1. The number of anilines is 1. The van der Waals surface area contributed by atoms with Crippen molar-refractivity contribution in [3.8, 4) is 0 Å². The topological polar surface area (TPSA) is 12.0 Å². The summed E-state index contributed by atoms with van der Waals surface area (Å²) in [4.78, 5) is 0. The fraction of sp³-hybridized carbons (Fsp3) is 0.538. The second kappa shape index (κ2) is 2.53. The number of nitrogens with one attached hydrogen (secondary N) is 1. The van der Waals surface area contributed by atoms with Crippen LogP contribution in [0.15, 0.2) is 24.3 Å². The lowest BCUT2D eigenvalue weighted by molar-refractivity contribution is 0.441. The van der Waals surface area contributed by atoms with E-state index in [9.17, 15) is 0 Å². The van der Waals surface area contributed by atoms with E-state index in [4.69, 9.17) is 0 Å². The maximum Gasteiger partial charge on any atom is 0.0381 e. The van der Waals surface area contributed by atoms with E-state index in [1.165, 1.54) is 24.1 Å². The van der Waals surface area contributed by atoms with Crippen LogP contribution >= 0.6 is 0 Å². The predicted molar refractivity (Wildman–Crippen MR) is 59.6 cm³/mol. The molecule has 0 spiro atoms. The summed E-state index contributed by atoms with van der Waals surface area (Å²) >= 11 is 0. The molecule has 1 aliphatic heterocycles. The first-order valence-corrected chi connectivity index (χ1v) is 5.58. The monoisotopic (exact) mass is 187 g/mol. The molecule has 1 saturated carbocycles. The van der Waals surface area contributed by atoms with Crippen molar-refractivity contribution in [1.29, 1.82) is 0 Å². The number of hydrogen-bond donors (Lipinski definition) is 1. The fourth-order valence-electron chi connectivity index (χ4n) is 3.36. The number of hydrogen-bond acceptors (Lipinski definition) is 1. The van der Waals surface area contributed by atoms with Crippen LogP contribution in [0.4, 0.5) is 5.69 Å². The molecule has 1 N–H and O–H groups in total. The lowest BCUT2D eigenvalue weighted by atomic mass is 9.79. The molecule has 1 heterocycles. The summed E-state index contributed by atoms with van der Waals surface area (Å²) in [5.41, 5.74) is 3.30. The molecule has 0 aromatic heterocycles. The van der Waals surface area contributed by atoms with E-state index in [0.717, 1.165) is 5.92 Å². The minimum atomic E-state index is 0.399. The molecule has 3 rings (SSSR count). The molecule has 0 saturated heterocycles. The van der Waals surface area contributed by atoms with Gasteiger partial charge in [0.15, 0.2) is 0 Å². The van der Waals surface area contributed by atoms with Crippen molar-refractivity contribution in [2.24, 2.45) is 5.92 Å². The Morgan fingerprint density at radius 2 is 2.14 bits per heavy atom. The number of para-hydroxylation sites is 1. The molecule has 0 bridgehead atoms. The first-order chi connectivity index (χ1) is 6.72. The molecule has 0 radical (unpaired) electrons. The minimum Gasteiger partial charge on any atom is -0.381 e. The zero-order valence-electron chi connectivity index (χ0n) is 8.88. The first kappa shape index (κ1) is 8.34. The summed E-state index contributed by atoms with van der Waals surface area (Å²) in [6, 6.07) is 9.46. The summed E-state index contributed by atoms with van der Waals surface area (Å²) in [7, 11) is 0. The van der Waals surface area contributed by atoms with Crippen LogP contribution in [-0.4, -0.2) is 6.04 Å². The van der Waals surface area contributed by atoms with Crippen LogP contribution < -0.4 is 5.32 Å². The first-order valence-electron chi connectivity index (χ1n) is 5.58. The van der Waals surface area contributed by atoms with Gasteiger partial charge in [0.25, 0.3) is 0 Å². The Bertz CT molecular complexity index is 371. The van der Waals surface area contributed by atoms with E-state index in [-0.39, 0.29) is 0 Å². The van der Waals surface area contributed by atoms with Crippen LogP contribution in [0, 0.1) is 5.92 Å². The van der Waals surface area contributed by atoms with E-state index in [2.05, 4.69) is 43.4 Å². The second-order valence-electron chi connectivity index (χ2n) is 5.10. The molecule has 2 aliphatic rings. The molecule has 1 heteroatoms. The van der Waals surface area contributed by atoms with E-state index >= 15 is 0 Å². The van der Waals surface area contributed by atoms with Gasteiger partial charge in [0.1, 0.15) is 0 Å². The van der Waals surface area contributed by atoms with Crippen LogP contribution in [-0.2, 0) is 5.41 Å². The van der Waals surface area contributed by atoms with Gasteiger partial charge in [-0.1, -0.05) is 32.0 Å². The molecule has 1 aromatic rings. The zero-order valence-corrected chi connectivity index (χ0v) is 8.88. The average molecular weight is 187 g/mol. The summed E-state index contributed by atoms with van der Waals surface area (Å²) < 4.78 is 0. The van der Waals surface area contributed by atoms with Crippen LogP contribution in [0.5, 0.6) is 0 Å². The summed E-state index contributed by atoms with van der Waals surface area (Å²) in [6.07, 6.45) is 2.70. The van der Waals surface area contributed by atoms with Gasteiger partial charge in [-0.05, 0) is 30.4 Å². The fourth-order valence-corrected chi connectivity index (χ4v) is 3.36. The molecule has 1 aromatic carbocycles. The quantitative estimate of drug-likeness (QED) is 0.658. The zero-order chi connectivity index (χ0) is 9.76. The van der Waals surface area contributed by atoms with E-state index < -0.39 is 0 Å². The summed E-state index contributed by atoms with van der Waals surface area (Å²) in [5, 5.41) is 3.69. The van der Waals surface area contributed by atoms with Crippen LogP contribution in [0.25, 0.3) is 0 Å². The van der Waals surface area contributed by atoms with Gasteiger partial charge in [-0.2, -0.15) is 0 Å². The highest BCUT2D eigenvalue weighted by atomic mass is 15.0. The Morgan fingerprint density at radius 1 is 1.36 bits per heavy atom. The van der Waals surface area contributed by atoms with Crippen LogP contribution in [0.1, 0.15) is 32.3 Å². The number of fused-ring (bicyclic) bond motifs is 3. The van der Waals surface area contributed by atoms with Crippen LogP contribution in [0.2, 0.25) is 0 Å². The van der Waals surface area contributed by atoms with Crippen molar-refractivity contribution < 1.29 is 0 Å². The largest absolute Gasteiger partial charge is 0.381 e. The van der Waals surface area contributed by atoms with Crippen molar-refractivity contribution >= 4 is 5.69 Å². The smallest absolute Gasteiger partial charge is 0.0381 e. The Balaban J connectivity index is 2.14. The molecule has 1 nitrogen and oxygen atoms in total. The van der Waals surface area contributed by atoms with Crippen LogP contribution in [0.3, 0.4) is 0 Å². The minimum absolute atomic E-state index is 0.399. The van der Waals surface area contributed by atoms with Crippen molar-refractivity contribution in [2.75, 3.05) is 5.32 Å². The molecule has 1 aliphatic carbocycles. The van der Waals surface area contributed by atoms with Gasteiger partial charge in [-0.15, -0.1) is 0 Å². The molecule has 0 unspecified atom stereocenters. The normalized spacial score (nSPS) is 39.0.